The number of benzene rings is 1. The zero-order valence-electron chi connectivity index (χ0n) is 9.45. The molecule has 2 aromatic rings. The first kappa shape index (κ1) is 12.1. The molecule has 0 saturated heterocycles. The lowest BCUT2D eigenvalue weighted by atomic mass is 10.2. The van der Waals surface area contributed by atoms with Crippen LogP contribution < -0.4 is 5.32 Å². The summed E-state index contributed by atoms with van der Waals surface area (Å²) in [7, 11) is 0. The normalized spacial score (nSPS) is 10.3. The summed E-state index contributed by atoms with van der Waals surface area (Å²) in [6.45, 7) is 3.45. The van der Waals surface area contributed by atoms with Crippen molar-refractivity contribution in [3.8, 4) is 0 Å². The van der Waals surface area contributed by atoms with E-state index in [1.807, 2.05) is 25.1 Å². The Balaban J connectivity index is 2.19. The first-order valence-electron chi connectivity index (χ1n) is 5.06. The van der Waals surface area contributed by atoms with Crippen molar-refractivity contribution in [2.75, 3.05) is 5.32 Å². The van der Waals surface area contributed by atoms with E-state index in [-0.39, 0.29) is 5.78 Å². The lowest BCUT2D eigenvalue weighted by Gasteiger charge is -2.04. The number of hydrogen-bond donors (Lipinski definition) is 1. The summed E-state index contributed by atoms with van der Waals surface area (Å²) >= 11 is 7.42. The number of anilines is 2. The molecule has 3 nitrogen and oxygen atoms in total. The molecule has 1 aromatic heterocycles. The van der Waals surface area contributed by atoms with Gasteiger partial charge in [0.05, 0.1) is 0 Å². The lowest BCUT2D eigenvalue weighted by Crippen LogP contribution is -1.94. The van der Waals surface area contributed by atoms with Crippen LogP contribution in [0.5, 0.6) is 0 Å². The Morgan fingerprint density at radius 3 is 2.82 bits per heavy atom. The number of aryl methyl sites for hydroxylation is 1. The zero-order chi connectivity index (χ0) is 12.4. The van der Waals surface area contributed by atoms with Gasteiger partial charge >= 0.3 is 0 Å². The third-order valence-corrected chi connectivity index (χ3v) is 3.45. The molecule has 88 valence electrons. The van der Waals surface area contributed by atoms with Crippen molar-refractivity contribution in [2.24, 2.45) is 0 Å². The predicted molar refractivity (Wildman–Crippen MR) is 71.6 cm³/mol. The fraction of sp³-hybridized carbons (Fsp3) is 0.167. The Bertz CT molecular complexity index is 565. The van der Waals surface area contributed by atoms with Gasteiger partial charge in [0.15, 0.2) is 10.9 Å². The summed E-state index contributed by atoms with van der Waals surface area (Å²) in [4.78, 5) is 15.3. The fourth-order valence-corrected chi connectivity index (χ4v) is 2.24. The smallest absolute Gasteiger partial charge is 0.187 e. The molecule has 0 radical (unpaired) electrons. The maximum atomic E-state index is 11.1. The predicted octanol–water partition coefficient (Wildman–Crippen LogP) is 4.05. The maximum absolute atomic E-state index is 11.1. The van der Waals surface area contributed by atoms with Crippen LogP contribution in [0.4, 0.5) is 10.8 Å². The molecular formula is C12H11ClN2OS. The molecule has 0 aliphatic heterocycles. The van der Waals surface area contributed by atoms with Gasteiger partial charge in [-0.25, -0.2) is 4.98 Å². The number of ketones is 1. The summed E-state index contributed by atoms with van der Waals surface area (Å²) in [6.07, 6.45) is 0. The first-order chi connectivity index (χ1) is 8.06. The van der Waals surface area contributed by atoms with E-state index in [2.05, 4.69) is 10.3 Å². The highest BCUT2D eigenvalue weighted by atomic mass is 35.5. The highest BCUT2D eigenvalue weighted by Gasteiger charge is 2.06. The molecule has 1 N–H and O–H groups in total. The van der Waals surface area contributed by atoms with E-state index in [0.29, 0.717) is 15.8 Å². The number of thiazole rings is 1. The van der Waals surface area contributed by atoms with Gasteiger partial charge in [0.25, 0.3) is 0 Å². The van der Waals surface area contributed by atoms with Crippen LogP contribution in [0.3, 0.4) is 0 Å². The molecule has 5 heteroatoms. The molecule has 0 spiro atoms. The molecule has 0 amide bonds. The van der Waals surface area contributed by atoms with Crippen molar-refractivity contribution in [2.45, 2.75) is 13.8 Å². The number of rotatable bonds is 3. The number of Topliss-reactive ketones (excluding diaryl/α,β-unsaturated/α-hetero) is 1. The van der Waals surface area contributed by atoms with Crippen LogP contribution in [0.25, 0.3) is 0 Å². The number of aromatic nitrogens is 1. The van der Waals surface area contributed by atoms with E-state index in [1.165, 1.54) is 18.3 Å². The Kier molecular flexibility index (Phi) is 3.45. The number of nitrogens with one attached hydrogen (secondary N) is 1. The third-order valence-electron chi connectivity index (χ3n) is 2.29. The first-order valence-corrected chi connectivity index (χ1v) is 6.31. The van der Waals surface area contributed by atoms with Gasteiger partial charge in [-0.05, 0) is 24.6 Å². The topological polar surface area (TPSA) is 42.0 Å². The highest BCUT2D eigenvalue weighted by molar-refractivity contribution is 7.14. The van der Waals surface area contributed by atoms with Crippen molar-refractivity contribution in [3.05, 3.63) is 39.9 Å². The van der Waals surface area contributed by atoms with Crippen molar-refractivity contribution >= 4 is 39.5 Å². The van der Waals surface area contributed by atoms with E-state index in [0.717, 1.165) is 11.3 Å². The molecule has 0 aliphatic carbocycles. The minimum atomic E-state index is -0.0313. The van der Waals surface area contributed by atoms with Gasteiger partial charge in [0, 0.05) is 23.0 Å². The molecule has 2 rings (SSSR count). The molecule has 0 bridgehead atoms. The maximum Gasteiger partial charge on any atom is 0.187 e. The summed E-state index contributed by atoms with van der Waals surface area (Å²) in [6, 6.07) is 5.70. The lowest BCUT2D eigenvalue weighted by molar-refractivity contribution is 0.101. The monoisotopic (exact) mass is 266 g/mol. The second-order valence-corrected chi connectivity index (χ2v) is 4.95. The van der Waals surface area contributed by atoms with Crippen molar-refractivity contribution < 1.29 is 4.79 Å². The SMILES string of the molecule is CC(=O)c1csc(Nc2ccc(C)c(Cl)c2)n1. The van der Waals surface area contributed by atoms with Crippen LogP contribution in [0, 0.1) is 6.92 Å². The van der Waals surface area contributed by atoms with Gasteiger partial charge in [-0.15, -0.1) is 11.3 Å². The highest BCUT2D eigenvalue weighted by Crippen LogP contribution is 2.25. The molecule has 0 atom stereocenters. The van der Waals surface area contributed by atoms with Crippen LogP contribution >= 0.6 is 22.9 Å². The molecule has 1 heterocycles. The second kappa shape index (κ2) is 4.85. The fourth-order valence-electron chi connectivity index (χ4n) is 1.29. The Labute approximate surface area is 108 Å². The van der Waals surface area contributed by atoms with Crippen molar-refractivity contribution in [1.82, 2.24) is 4.98 Å². The minimum Gasteiger partial charge on any atom is -0.331 e. The van der Waals surface area contributed by atoms with Gasteiger partial charge in [-0.2, -0.15) is 0 Å². The van der Waals surface area contributed by atoms with E-state index < -0.39 is 0 Å². The van der Waals surface area contributed by atoms with E-state index in [4.69, 9.17) is 11.6 Å². The largest absolute Gasteiger partial charge is 0.331 e. The summed E-state index contributed by atoms with van der Waals surface area (Å²) in [5, 5.41) is 6.25. The second-order valence-electron chi connectivity index (χ2n) is 3.68. The van der Waals surface area contributed by atoms with Gasteiger partial charge in [-0.1, -0.05) is 17.7 Å². The van der Waals surface area contributed by atoms with Crippen LogP contribution in [0.1, 0.15) is 23.0 Å². The van der Waals surface area contributed by atoms with Gasteiger partial charge in [0.1, 0.15) is 5.69 Å². The summed E-state index contributed by atoms with van der Waals surface area (Å²) in [5.41, 5.74) is 2.38. The Morgan fingerprint density at radius 2 is 2.24 bits per heavy atom. The van der Waals surface area contributed by atoms with Crippen LogP contribution in [0.2, 0.25) is 5.02 Å². The molecule has 0 aliphatic rings. The van der Waals surface area contributed by atoms with Crippen LogP contribution in [-0.2, 0) is 0 Å². The van der Waals surface area contributed by atoms with Gasteiger partial charge < -0.3 is 5.32 Å². The van der Waals surface area contributed by atoms with E-state index in [1.54, 1.807) is 5.38 Å². The van der Waals surface area contributed by atoms with Crippen LogP contribution in [-0.4, -0.2) is 10.8 Å². The van der Waals surface area contributed by atoms with Crippen molar-refractivity contribution in [1.29, 1.82) is 0 Å². The molecular weight excluding hydrogens is 256 g/mol. The minimum absolute atomic E-state index is 0.0313. The Morgan fingerprint density at radius 1 is 1.47 bits per heavy atom. The standard InChI is InChI=1S/C12H11ClN2OS/c1-7-3-4-9(5-10(7)13)14-12-15-11(6-17-12)8(2)16/h3-6H,1-2H3,(H,14,15). The van der Waals surface area contributed by atoms with Gasteiger partial charge in [0.2, 0.25) is 0 Å². The van der Waals surface area contributed by atoms with Gasteiger partial charge in [-0.3, -0.25) is 4.79 Å². The number of nitrogens with zero attached hydrogens (tertiary/aromatic N) is 1. The van der Waals surface area contributed by atoms with Crippen molar-refractivity contribution in [3.63, 3.8) is 0 Å². The average Bonchev–Trinajstić information content (AvgIpc) is 2.72. The average molecular weight is 267 g/mol. The molecule has 17 heavy (non-hydrogen) atoms. The summed E-state index contributed by atoms with van der Waals surface area (Å²) in [5.74, 6) is -0.0313. The number of carbonyl (C=O) groups is 1. The summed E-state index contributed by atoms with van der Waals surface area (Å²) < 4.78 is 0. The third kappa shape index (κ3) is 2.84. The molecule has 0 unspecified atom stereocenters. The molecule has 0 saturated carbocycles. The quantitative estimate of drug-likeness (QED) is 0.852. The number of hydrogen-bond acceptors (Lipinski definition) is 4. The molecule has 1 aromatic carbocycles. The number of halogens is 1. The zero-order valence-corrected chi connectivity index (χ0v) is 11.0. The van der Waals surface area contributed by atoms with E-state index >= 15 is 0 Å². The Hall–Kier alpha value is -1.39. The van der Waals surface area contributed by atoms with E-state index in [9.17, 15) is 4.79 Å². The van der Waals surface area contributed by atoms with Crippen LogP contribution in [0.15, 0.2) is 23.6 Å². The molecule has 0 fully saturated rings. The number of carbonyl (C=O) groups excluding carboxylic acids is 1.